The van der Waals surface area contributed by atoms with E-state index in [1.165, 1.54) is 57.9 Å². The maximum Gasteiger partial charge on any atom is 0.0125 e. The van der Waals surface area contributed by atoms with Crippen LogP contribution in [0.4, 0.5) is 0 Å². The lowest BCUT2D eigenvalue weighted by Gasteiger charge is -2.39. The van der Waals surface area contributed by atoms with E-state index in [4.69, 9.17) is 0 Å². The van der Waals surface area contributed by atoms with E-state index in [1.807, 2.05) is 0 Å². The second-order valence-corrected chi connectivity index (χ2v) is 6.18. The molecule has 92 valence electrons. The lowest BCUT2D eigenvalue weighted by molar-refractivity contribution is 0.105. The van der Waals surface area contributed by atoms with Crippen LogP contribution in [0.1, 0.15) is 51.4 Å². The molecule has 0 spiro atoms. The van der Waals surface area contributed by atoms with Crippen molar-refractivity contribution in [1.82, 2.24) is 10.2 Å². The number of hydrogen-bond donors (Lipinski definition) is 1. The molecule has 2 bridgehead atoms. The van der Waals surface area contributed by atoms with Crippen LogP contribution < -0.4 is 5.32 Å². The minimum absolute atomic E-state index is 0.837. The summed E-state index contributed by atoms with van der Waals surface area (Å²) < 4.78 is 0. The van der Waals surface area contributed by atoms with Crippen molar-refractivity contribution in [2.45, 2.75) is 69.5 Å². The van der Waals surface area contributed by atoms with E-state index in [0.717, 1.165) is 24.0 Å². The normalized spacial score (nSPS) is 44.8. The lowest BCUT2D eigenvalue weighted by Crippen LogP contribution is -2.45. The Balaban J connectivity index is 1.57. The average molecular weight is 222 g/mol. The predicted octanol–water partition coefficient (Wildman–Crippen LogP) is 2.39. The number of fused-ring (bicyclic) bond motifs is 2. The summed E-state index contributed by atoms with van der Waals surface area (Å²) in [6.45, 7) is 1.26. The van der Waals surface area contributed by atoms with Gasteiger partial charge >= 0.3 is 0 Å². The molecule has 3 aliphatic rings. The van der Waals surface area contributed by atoms with Crippen molar-refractivity contribution in [3.63, 3.8) is 0 Å². The van der Waals surface area contributed by atoms with Gasteiger partial charge in [0.2, 0.25) is 0 Å². The molecule has 0 amide bonds. The summed E-state index contributed by atoms with van der Waals surface area (Å²) in [5, 5.41) is 3.72. The SMILES string of the molecule is CN1[C@H]2CC[C@H](C[C@@H]3CCCCN3)[C@H]1CC2. The Morgan fingerprint density at radius 2 is 1.94 bits per heavy atom. The van der Waals surface area contributed by atoms with Crippen molar-refractivity contribution in [2.24, 2.45) is 5.92 Å². The van der Waals surface area contributed by atoms with Crippen LogP contribution in [0, 0.1) is 5.92 Å². The molecular weight excluding hydrogens is 196 g/mol. The van der Waals surface area contributed by atoms with E-state index in [1.54, 1.807) is 0 Å². The van der Waals surface area contributed by atoms with E-state index in [0.29, 0.717) is 0 Å². The van der Waals surface area contributed by atoms with E-state index < -0.39 is 0 Å². The van der Waals surface area contributed by atoms with E-state index >= 15 is 0 Å². The number of piperidine rings is 2. The van der Waals surface area contributed by atoms with Gasteiger partial charge in [-0.1, -0.05) is 6.42 Å². The fourth-order valence-corrected chi connectivity index (χ4v) is 4.32. The molecule has 0 saturated carbocycles. The average Bonchev–Trinajstić information content (AvgIpc) is 2.55. The molecule has 0 aromatic carbocycles. The smallest absolute Gasteiger partial charge is 0.0125 e. The molecule has 0 aromatic heterocycles. The number of nitrogens with zero attached hydrogens (tertiary/aromatic N) is 1. The fraction of sp³-hybridized carbons (Fsp3) is 1.00. The molecule has 4 atom stereocenters. The summed E-state index contributed by atoms with van der Waals surface area (Å²) in [5.41, 5.74) is 0. The molecule has 3 saturated heterocycles. The maximum atomic E-state index is 3.72. The van der Waals surface area contributed by atoms with Crippen LogP contribution in [0.3, 0.4) is 0 Å². The van der Waals surface area contributed by atoms with Gasteiger partial charge in [0.1, 0.15) is 0 Å². The van der Waals surface area contributed by atoms with Gasteiger partial charge in [0, 0.05) is 18.1 Å². The molecule has 3 fully saturated rings. The molecule has 2 heteroatoms. The molecule has 0 aliphatic carbocycles. The molecule has 0 aromatic rings. The summed E-state index contributed by atoms with van der Waals surface area (Å²) in [6, 6.07) is 2.69. The third-order valence-corrected chi connectivity index (χ3v) is 5.31. The van der Waals surface area contributed by atoms with Crippen LogP contribution in [-0.2, 0) is 0 Å². The van der Waals surface area contributed by atoms with Crippen LogP contribution in [-0.4, -0.2) is 36.6 Å². The summed E-state index contributed by atoms with van der Waals surface area (Å²) in [4.78, 5) is 2.69. The van der Waals surface area contributed by atoms with Crippen LogP contribution in [0.5, 0.6) is 0 Å². The highest BCUT2D eigenvalue weighted by Crippen LogP contribution is 2.40. The number of hydrogen-bond acceptors (Lipinski definition) is 2. The van der Waals surface area contributed by atoms with E-state index in [9.17, 15) is 0 Å². The van der Waals surface area contributed by atoms with Crippen molar-refractivity contribution in [1.29, 1.82) is 0 Å². The van der Waals surface area contributed by atoms with Crippen molar-refractivity contribution in [3.8, 4) is 0 Å². The Labute approximate surface area is 99.8 Å². The minimum Gasteiger partial charge on any atom is -0.314 e. The number of nitrogens with one attached hydrogen (secondary N) is 1. The predicted molar refractivity (Wildman–Crippen MR) is 67.6 cm³/mol. The highest BCUT2D eigenvalue weighted by atomic mass is 15.2. The van der Waals surface area contributed by atoms with Crippen LogP contribution in [0.2, 0.25) is 0 Å². The fourth-order valence-electron chi connectivity index (χ4n) is 4.32. The second kappa shape index (κ2) is 4.66. The second-order valence-electron chi connectivity index (χ2n) is 6.18. The molecule has 0 radical (unpaired) electrons. The van der Waals surface area contributed by atoms with Gasteiger partial charge in [0.05, 0.1) is 0 Å². The van der Waals surface area contributed by atoms with Crippen molar-refractivity contribution < 1.29 is 0 Å². The molecule has 3 aliphatic heterocycles. The summed E-state index contributed by atoms with van der Waals surface area (Å²) >= 11 is 0. The number of rotatable bonds is 2. The Morgan fingerprint density at radius 1 is 1.06 bits per heavy atom. The molecule has 3 heterocycles. The van der Waals surface area contributed by atoms with Gasteiger partial charge in [-0.05, 0) is 64.5 Å². The van der Waals surface area contributed by atoms with E-state index in [-0.39, 0.29) is 0 Å². The van der Waals surface area contributed by atoms with E-state index in [2.05, 4.69) is 17.3 Å². The van der Waals surface area contributed by atoms with Crippen molar-refractivity contribution >= 4 is 0 Å². The van der Waals surface area contributed by atoms with Gasteiger partial charge in [-0.2, -0.15) is 0 Å². The van der Waals surface area contributed by atoms with Gasteiger partial charge in [0.25, 0.3) is 0 Å². The quantitative estimate of drug-likeness (QED) is 0.772. The van der Waals surface area contributed by atoms with Crippen molar-refractivity contribution in [3.05, 3.63) is 0 Å². The molecule has 3 rings (SSSR count). The molecular formula is C14H26N2. The first kappa shape index (κ1) is 11.0. The van der Waals surface area contributed by atoms with Crippen LogP contribution in [0.15, 0.2) is 0 Å². The maximum absolute atomic E-state index is 3.72. The third-order valence-electron chi connectivity index (χ3n) is 5.31. The molecule has 16 heavy (non-hydrogen) atoms. The third kappa shape index (κ3) is 2.02. The Bertz CT molecular complexity index is 235. The van der Waals surface area contributed by atoms with Gasteiger partial charge in [-0.15, -0.1) is 0 Å². The molecule has 0 unspecified atom stereocenters. The van der Waals surface area contributed by atoms with Crippen molar-refractivity contribution in [2.75, 3.05) is 13.6 Å². The van der Waals surface area contributed by atoms with Gasteiger partial charge in [0.15, 0.2) is 0 Å². The van der Waals surface area contributed by atoms with Gasteiger partial charge in [-0.25, -0.2) is 0 Å². The Hall–Kier alpha value is -0.0800. The van der Waals surface area contributed by atoms with Crippen LogP contribution >= 0.6 is 0 Å². The summed E-state index contributed by atoms with van der Waals surface area (Å²) in [7, 11) is 2.36. The van der Waals surface area contributed by atoms with Crippen LogP contribution in [0.25, 0.3) is 0 Å². The van der Waals surface area contributed by atoms with Gasteiger partial charge < -0.3 is 10.2 Å². The summed E-state index contributed by atoms with van der Waals surface area (Å²) in [5.74, 6) is 0.986. The standard InChI is InChI=1S/C14H26N2/c1-16-13-6-5-11(14(16)8-7-13)10-12-4-2-3-9-15-12/h11-15H,2-10H2,1H3/t11-,12+,13+,14-/m1/s1. The lowest BCUT2D eigenvalue weighted by atomic mass is 9.83. The highest BCUT2D eigenvalue weighted by molar-refractivity contribution is 4.96. The topological polar surface area (TPSA) is 15.3 Å². The highest BCUT2D eigenvalue weighted by Gasteiger charge is 2.40. The minimum atomic E-state index is 0.837. The first-order chi connectivity index (χ1) is 7.84. The Morgan fingerprint density at radius 3 is 2.75 bits per heavy atom. The monoisotopic (exact) mass is 222 g/mol. The molecule has 2 nitrogen and oxygen atoms in total. The zero-order valence-electron chi connectivity index (χ0n) is 10.6. The zero-order valence-corrected chi connectivity index (χ0v) is 10.6. The molecule has 1 N–H and O–H groups in total. The zero-order chi connectivity index (χ0) is 11.0. The summed E-state index contributed by atoms with van der Waals surface area (Å²) in [6.07, 6.45) is 11.6. The Kier molecular flexibility index (Phi) is 3.21. The largest absolute Gasteiger partial charge is 0.314 e. The van der Waals surface area contributed by atoms with Gasteiger partial charge in [-0.3, -0.25) is 0 Å². The first-order valence-electron chi connectivity index (χ1n) is 7.30. The first-order valence-corrected chi connectivity index (χ1v) is 7.30.